The zero-order valence-corrected chi connectivity index (χ0v) is 14.7. The molecule has 1 amide bonds. The van der Waals surface area contributed by atoms with E-state index in [4.69, 9.17) is 0 Å². The van der Waals surface area contributed by atoms with E-state index in [1.807, 2.05) is 54.7 Å². The highest BCUT2D eigenvalue weighted by molar-refractivity contribution is 5.91. The lowest BCUT2D eigenvalue weighted by Crippen LogP contribution is -2.25. The van der Waals surface area contributed by atoms with E-state index >= 15 is 0 Å². The summed E-state index contributed by atoms with van der Waals surface area (Å²) in [4.78, 5) is 12.0. The van der Waals surface area contributed by atoms with Crippen LogP contribution >= 0.6 is 0 Å². The number of hydrogen-bond donors (Lipinski definition) is 1. The van der Waals surface area contributed by atoms with Crippen LogP contribution in [0, 0.1) is 0 Å². The van der Waals surface area contributed by atoms with E-state index in [0.717, 1.165) is 5.56 Å². The van der Waals surface area contributed by atoms with Gasteiger partial charge in [-0.15, -0.1) is 5.10 Å². The molecular weight excluding hydrogens is 324 g/mol. The molecule has 1 N–H and O–H groups in total. The molecule has 5 heteroatoms. The van der Waals surface area contributed by atoms with Crippen molar-refractivity contribution in [1.82, 2.24) is 20.3 Å². The molecule has 0 spiro atoms. The molecule has 3 aromatic rings. The predicted octanol–water partition coefficient (Wildman–Crippen LogP) is 3.26. The summed E-state index contributed by atoms with van der Waals surface area (Å²) in [5.74, 6) is 0.130. The minimum atomic E-state index is -0.134. The molecular formula is C21H22N4O. The molecule has 0 saturated heterocycles. The molecule has 2 aromatic carbocycles. The molecule has 1 aromatic heterocycles. The molecule has 1 heterocycles. The third-order valence-electron chi connectivity index (χ3n) is 4.10. The fourth-order valence-electron chi connectivity index (χ4n) is 2.61. The Balaban J connectivity index is 1.49. The van der Waals surface area contributed by atoms with Gasteiger partial charge in [0.05, 0.1) is 12.7 Å². The van der Waals surface area contributed by atoms with Crippen molar-refractivity contribution in [3.63, 3.8) is 0 Å². The highest BCUT2D eigenvalue weighted by Gasteiger charge is 2.06. The van der Waals surface area contributed by atoms with Crippen LogP contribution in [0.1, 0.15) is 29.7 Å². The molecule has 132 valence electrons. The zero-order valence-electron chi connectivity index (χ0n) is 14.7. The highest BCUT2D eigenvalue weighted by Crippen LogP contribution is 2.12. The second-order valence-corrected chi connectivity index (χ2v) is 6.22. The van der Waals surface area contributed by atoms with Gasteiger partial charge in [0.15, 0.2) is 0 Å². The summed E-state index contributed by atoms with van der Waals surface area (Å²) >= 11 is 0. The van der Waals surface area contributed by atoms with Gasteiger partial charge in [-0.25, -0.2) is 4.68 Å². The molecule has 0 fully saturated rings. The smallest absolute Gasteiger partial charge is 0.244 e. The van der Waals surface area contributed by atoms with Crippen LogP contribution in [0.25, 0.3) is 6.08 Å². The van der Waals surface area contributed by atoms with Crippen LogP contribution < -0.4 is 5.32 Å². The number of benzene rings is 2. The van der Waals surface area contributed by atoms with Crippen molar-refractivity contribution in [1.29, 1.82) is 0 Å². The normalized spacial score (nSPS) is 12.2. The van der Waals surface area contributed by atoms with Gasteiger partial charge in [-0.1, -0.05) is 72.8 Å². The maximum atomic E-state index is 12.0. The van der Waals surface area contributed by atoms with Crippen LogP contribution in [0.3, 0.4) is 0 Å². The molecule has 0 radical (unpaired) electrons. The number of amides is 1. The Labute approximate surface area is 153 Å². The number of carbonyl (C=O) groups excluding carboxylic acids is 1. The minimum absolute atomic E-state index is 0.134. The molecule has 0 aliphatic heterocycles. The molecule has 0 aliphatic rings. The fraction of sp³-hybridized carbons (Fsp3) is 0.190. The van der Waals surface area contributed by atoms with Gasteiger partial charge in [0.25, 0.3) is 0 Å². The van der Waals surface area contributed by atoms with Gasteiger partial charge >= 0.3 is 0 Å². The number of nitrogens with zero attached hydrogens (tertiary/aromatic N) is 3. The van der Waals surface area contributed by atoms with E-state index in [1.54, 1.807) is 10.8 Å². The van der Waals surface area contributed by atoms with E-state index in [-0.39, 0.29) is 11.8 Å². The van der Waals surface area contributed by atoms with Crippen molar-refractivity contribution in [2.75, 3.05) is 6.54 Å². The molecule has 3 rings (SSSR count). The zero-order chi connectivity index (χ0) is 18.2. The number of nitrogens with one attached hydrogen (secondary N) is 1. The molecule has 26 heavy (non-hydrogen) atoms. The van der Waals surface area contributed by atoms with E-state index in [9.17, 15) is 4.79 Å². The molecule has 0 saturated carbocycles. The fourth-order valence-corrected chi connectivity index (χ4v) is 2.61. The van der Waals surface area contributed by atoms with Crippen molar-refractivity contribution < 1.29 is 4.79 Å². The van der Waals surface area contributed by atoms with Crippen molar-refractivity contribution in [3.05, 3.63) is 89.8 Å². The van der Waals surface area contributed by atoms with Gasteiger partial charge in [-0.3, -0.25) is 4.79 Å². The van der Waals surface area contributed by atoms with Crippen LogP contribution in [-0.2, 0) is 11.3 Å². The maximum Gasteiger partial charge on any atom is 0.244 e. The molecule has 0 aliphatic carbocycles. The van der Waals surface area contributed by atoms with E-state index in [1.165, 1.54) is 11.6 Å². The van der Waals surface area contributed by atoms with Crippen LogP contribution in [0.5, 0.6) is 0 Å². The summed E-state index contributed by atoms with van der Waals surface area (Å²) in [6.45, 7) is 3.34. The summed E-state index contributed by atoms with van der Waals surface area (Å²) in [6.07, 6.45) is 5.00. The van der Waals surface area contributed by atoms with Crippen LogP contribution in [0.4, 0.5) is 0 Å². The Hall–Kier alpha value is -3.21. The second-order valence-electron chi connectivity index (χ2n) is 6.22. The monoisotopic (exact) mass is 346 g/mol. The standard InChI is InChI=1S/C21H22N4O/c1-17(19-10-6-3-7-11-19)14-22-21(26)13-12-20-16-25(24-23-20)15-18-8-4-2-5-9-18/h2-13,16-17H,14-15H2,1H3,(H,22,26)/b13-12+/t17-/m1/s1. The lowest BCUT2D eigenvalue weighted by Gasteiger charge is -2.11. The van der Waals surface area contributed by atoms with Gasteiger partial charge in [0, 0.05) is 12.6 Å². The number of carbonyl (C=O) groups is 1. The predicted molar refractivity (Wildman–Crippen MR) is 102 cm³/mol. The van der Waals surface area contributed by atoms with E-state index in [0.29, 0.717) is 18.8 Å². The lowest BCUT2D eigenvalue weighted by molar-refractivity contribution is -0.116. The van der Waals surface area contributed by atoms with Crippen molar-refractivity contribution >= 4 is 12.0 Å². The van der Waals surface area contributed by atoms with Gasteiger partial charge in [-0.2, -0.15) is 0 Å². The molecule has 0 bridgehead atoms. The quantitative estimate of drug-likeness (QED) is 0.668. The van der Waals surface area contributed by atoms with Crippen LogP contribution in [-0.4, -0.2) is 27.4 Å². The average Bonchev–Trinajstić information content (AvgIpc) is 3.13. The summed E-state index contributed by atoms with van der Waals surface area (Å²) in [5, 5.41) is 11.1. The SMILES string of the molecule is C[C@H](CNC(=O)/C=C/c1cn(Cc2ccccc2)nn1)c1ccccc1. The first kappa shape index (κ1) is 17.6. The Bertz CT molecular complexity index is 856. The van der Waals surface area contributed by atoms with Crippen LogP contribution in [0.15, 0.2) is 72.9 Å². The number of aromatic nitrogens is 3. The Kier molecular flexibility index (Phi) is 5.93. The largest absolute Gasteiger partial charge is 0.352 e. The van der Waals surface area contributed by atoms with Crippen LogP contribution in [0.2, 0.25) is 0 Å². The van der Waals surface area contributed by atoms with Crippen molar-refractivity contribution in [2.45, 2.75) is 19.4 Å². The Morgan fingerprint density at radius 1 is 1.12 bits per heavy atom. The summed E-state index contributed by atoms with van der Waals surface area (Å²) in [7, 11) is 0. The number of rotatable bonds is 7. The van der Waals surface area contributed by atoms with Crippen molar-refractivity contribution in [2.24, 2.45) is 0 Å². The first-order valence-corrected chi connectivity index (χ1v) is 8.65. The van der Waals surface area contributed by atoms with E-state index < -0.39 is 0 Å². The summed E-state index contributed by atoms with van der Waals surface area (Å²) in [6, 6.07) is 20.2. The third-order valence-corrected chi connectivity index (χ3v) is 4.10. The highest BCUT2D eigenvalue weighted by atomic mass is 16.1. The van der Waals surface area contributed by atoms with E-state index in [2.05, 4.69) is 34.7 Å². The summed E-state index contributed by atoms with van der Waals surface area (Å²) in [5.41, 5.74) is 3.02. The second kappa shape index (κ2) is 8.76. The molecule has 1 atom stereocenters. The first-order valence-electron chi connectivity index (χ1n) is 8.65. The molecule has 5 nitrogen and oxygen atoms in total. The number of hydrogen-bond acceptors (Lipinski definition) is 3. The van der Waals surface area contributed by atoms with Gasteiger partial charge in [0.1, 0.15) is 5.69 Å². The average molecular weight is 346 g/mol. The maximum absolute atomic E-state index is 12.0. The minimum Gasteiger partial charge on any atom is -0.352 e. The summed E-state index contributed by atoms with van der Waals surface area (Å²) < 4.78 is 1.75. The Morgan fingerprint density at radius 2 is 1.81 bits per heavy atom. The van der Waals surface area contributed by atoms with Gasteiger partial charge < -0.3 is 5.32 Å². The van der Waals surface area contributed by atoms with Crippen molar-refractivity contribution in [3.8, 4) is 0 Å². The topological polar surface area (TPSA) is 59.8 Å². The Morgan fingerprint density at radius 3 is 2.54 bits per heavy atom. The lowest BCUT2D eigenvalue weighted by atomic mass is 10.0. The van der Waals surface area contributed by atoms with Gasteiger partial charge in [-0.05, 0) is 23.1 Å². The molecule has 0 unspecified atom stereocenters. The van der Waals surface area contributed by atoms with Gasteiger partial charge in [0.2, 0.25) is 5.91 Å². The third kappa shape index (κ3) is 5.14. The first-order chi connectivity index (χ1) is 12.7.